The van der Waals surface area contributed by atoms with E-state index in [-0.39, 0.29) is 5.78 Å². The van der Waals surface area contributed by atoms with Crippen molar-refractivity contribution in [2.75, 3.05) is 0 Å². The molecule has 1 aromatic rings. The van der Waals surface area contributed by atoms with Gasteiger partial charge >= 0.3 is 0 Å². The fourth-order valence-electron chi connectivity index (χ4n) is 0.981. The molecule has 2 nitrogen and oxygen atoms in total. The molecule has 0 saturated heterocycles. The van der Waals surface area contributed by atoms with Gasteiger partial charge in [0, 0.05) is 12.0 Å². The van der Waals surface area contributed by atoms with Crippen molar-refractivity contribution in [2.45, 2.75) is 13.3 Å². The number of furan rings is 1. The monoisotopic (exact) mass is 184 g/mol. The maximum atomic E-state index is 11.3. The lowest BCUT2D eigenvalue weighted by molar-refractivity contribution is 0.104. The number of allylic oxidation sites excluding steroid dienone is 1. The summed E-state index contributed by atoms with van der Waals surface area (Å²) in [5, 5.41) is 0. The summed E-state index contributed by atoms with van der Waals surface area (Å²) >= 11 is 5.28. The van der Waals surface area contributed by atoms with Crippen molar-refractivity contribution in [3.05, 3.63) is 35.3 Å². The SMILES string of the molecule is CCc1occc1C(=O)/C=C/Cl. The zero-order chi connectivity index (χ0) is 8.97. The van der Waals surface area contributed by atoms with E-state index in [9.17, 15) is 4.79 Å². The number of aryl methyl sites for hydroxylation is 1. The van der Waals surface area contributed by atoms with Gasteiger partial charge in [-0.25, -0.2) is 0 Å². The normalized spacial score (nSPS) is 10.8. The van der Waals surface area contributed by atoms with Gasteiger partial charge in [-0.2, -0.15) is 0 Å². The Bertz CT molecular complexity index is 299. The van der Waals surface area contributed by atoms with Crippen molar-refractivity contribution in [3.8, 4) is 0 Å². The van der Waals surface area contributed by atoms with Gasteiger partial charge in [-0.1, -0.05) is 18.5 Å². The largest absolute Gasteiger partial charge is 0.469 e. The van der Waals surface area contributed by atoms with Crippen LogP contribution in [0.1, 0.15) is 23.0 Å². The molecule has 0 aliphatic rings. The van der Waals surface area contributed by atoms with Crippen LogP contribution >= 0.6 is 11.6 Å². The lowest BCUT2D eigenvalue weighted by Gasteiger charge is -1.92. The summed E-state index contributed by atoms with van der Waals surface area (Å²) in [5.74, 6) is 0.588. The predicted octanol–water partition coefficient (Wildman–Crippen LogP) is 2.78. The first-order valence-corrected chi connectivity index (χ1v) is 4.10. The van der Waals surface area contributed by atoms with E-state index >= 15 is 0 Å². The van der Waals surface area contributed by atoms with E-state index < -0.39 is 0 Å². The third-order valence-electron chi connectivity index (χ3n) is 1.55. The zero-order valence-corrected chi connectivity index (χ0v) is 7.47. The summed E-state index contributed by atoms with van der Waals surface area (Å²) in [4.78, 5) is 11.3. The Labute approximate surface area is 75.8 Å². The highest BCUT2D eigenvalue weighted by molar-refractivity contribution is 6.27. The molecule has 0 saturated carbocycles. The highest BCUT2D eigenvalue weighted by Crippen LogP contribution is 2.12. The molecule has 1 heterocycles. The molecule has 0 spiro atoms. The molecular formula is C9H9ClO2. The maximum absolute atomic E-state index is 11.3. The lowest BCUT2D eigenvalue weighted by atomic mass is 10.1. The molecule has 0 atom stereocenters. The van der Waals surface area contributed by atoms with E-state index in [1.54, 1.807) is 6.07 Å². The van der Waals surface area contributed by atoms with Crippen molar-refractivity contribution in [1.29, 1.82) is 0 Å². The summed E-state index contributed by atoms with van der Waals surface area (Å²) in [6, 6.07) is 1.65. The number of ketones is 1. The van der Waals surface area contributed by atoms with Gasteiger partial charge in [0.25, 0.3) is 0 Å². The molecule has 0 aliphatic heterocycles. The van der Waals surface area contributed by atoms with E-state index in [1.165, 1.54) is 17.9 Å². The Morgan fingerprint density at radius 1 is 1.75 bits per heavy atom. The minimum atomic E-state index is -0.115. The minimum absolute atomic E-state index is 0.115. The summed E-state index contributed by atoms with van der Waals surface area (Å²) in [6.07, 6.45) is 3.53. The first-order chi connectivity index (χ1) is 5.79. The first kappa shape index (κ1) is 9.07. The molecule has 0 aromatic carbocycles. The van der Waals surface area contributed by atoms with Gasteiger partial charge in [0.1, 0.15) is 5.76 Å². The van der Waals surface area contributed by atoms with Crippen LogP contribution in [0.4, 0.5) is 0 Å². The van der Waals surface area contributed by atoms with Gasteiger partial charge in [0.15, 0.2) is 5.78 Å². The molecule has 0 amide bonds. The van der Waals surface area contributed by atoms with Gasteiger partial charge in [0.2, 0.25) is 0 Å². The van der Waals surface area contributed by atoms with E-state index in [1.807, 2.05) is 6.92 Å². The fourth-order valence-corrected chi connectivity index (χ4v) is 1.10. The summed E-state index contributed by atoms with van der Waals surface area (Å²) < 4.78 is 5.08. The smallest absolute Gasteiger partial charge is 0.190 e. The van der Waals surface area contributed by atoms with E-state index in [4.69, 9.17) is 16.0 Å². The molecule has 0 unspecified atom stereocenters. The van der Waals surface area contributed by atoms with Crippen molar-refractivity contribution in [2.24, 2.45) is 0 Å². The highest BCUT2D eigenvalue weighted by Gasteiger charge is 2.09. The van der Waals surface area contributed by atoms with Gasteiger partial charge in [-0.3, -0.25) is 4.79 Å². The Hall–Kier alpha value is -1.02. The van der Waals surface area contributed by atoms with Crippen LogP contribution in [0, 0.1) is 0 Å². The van der Waals surface area contributed by atoms with E-state index in [2.05, 4.69) is 0 Å². The number of hydrogen-bond acceptors (Lipinski definition) is 2. The molecule has 12 heavy (non-hydrogen) atoms. The molecule has 3 heteroatoms. The van der Waals surface area contributed by atoms with E-state index in [0.717, 1.165) is 0 Å². The van der Waals surface area contributed by atoms with Gasteiger partial charge in [-0.05, 0) is 12.1 Å². The number of halogens is 1. The van der Waals surface area contributed by atoms with E-state index in [0.29, 0.717) is 17.7 Å². The third kappa shape index (κ3) is 1.77. The van der Waals surface area contributed by atoms with Gasteiger partial charge < -0.3 is 4.42 Å². The summed E-state index contributed by atoms with van der Waals surface area (Å²) in [6.45, 7) is 1.93. The molecule has 0 bridgehead atoms. The minimum Gasteiger partial charge on any atom is -0.469 e. The van der Waals surface area contributed by atoms with Crippen molar-refractivity contribution < 1.29 is 9.21 Å². The molecule has 0 aliphatic carbocycles. The fraction of sp³-hybridized carbons (Fsp3) is 0.222. The predicted molar refractivity (Wildman–Crippen MR) is 47.4 cm³/mol. The number of carbonyl (C=O) groups is 1. The molecular weight excluding hydrogens is 176 g/mol. The Balaban J connectivity index is 2.93. The topological polar surface area (TPSA) is 30.2 Å². The average Bonchev–Trinajstić information content (AvgIpc) is 2.51. The first-order valence-electron chi connectivity index (χ1n) is 3.67. The zero-order valence-electron chi connectivity index (χ0n) is 6.71. The molecule has 0 fully saturated rings. The number of carbonyl (C=O) groups excluding carboxylic acids is 1. The van der Waals surface area contributed by atoms with Crippen LogP contribution < -0.4 is 0 Å². The van der Waals surface area contributed by atoms with Crippen LogP contribution in [0.3, 0.4) is 0 Å². The third-order valence-corrected chi connectivity index (χ3v) is 1.67. The molecule has 64 valence electrons. The Morgan fingerprint density at radius 2 is 2.50 bits per heavy atom. The molecule has 0 N–H and O–H groups in total. The van der Waals surface area contributed by atoms with Crippen LogP contribution in [0.15, 0.2) is 28.4 Å². The quantitative estimate of drug-likeness (QED) is 0.534. The van der Waals surface area contributed by atoms with Crippen molar-refractivity contribution in [3.63, 3.8) is 0 Å². The molecule has 1 rings (SSSR count). The van der Waals surface area contributed by atoms with Crippen LogP contribution in [-0.2, 0) is 6.42 Å². The van der Waals surface area contributed by atoms with Crippen LogP contribution in [0.5, 0.6) is 0 Å². The lowest BCUT2D eigenvalue weighted by Crippen LogP contribution is -1.95. The second-order valence-electron chi connectivity index (χ2n) is 2.27. The standard InChI is InChI=1S/C9H9ClO2/c1-2-9-7(4-6-12-9)8(11)3-5-10/h3-6H,2H2,1H3/b5-3+. The van der Waals surface area contributed by atoms with Gasteiger partial charge in [-0.15, -0.1) is 0 Å². The number of rotatable bonds is 3. The summed E-state index contributed by atoms with van der Waals surface area (Å²) in [7, 11) is 0. The maximum Gasteiger partial charge on any atom is 0.190 e. The van der Waals surface area contributed by atoms with Crippen LogP contribution in [0.25, 0.3) is 0 Å². The van der Waals surface area contributed by atoms with Gasteiger partial charge in [0.05, 0.1) is 11.8 Å². The Kier molecular flexibility index (Phi) is 3.11. The van der Waals surface area contributed by atoms with Crippen molar-refractivity contribution in [1.82, 2.24) is 0 Å². The molecule has 0 radical (unpaired) electrons. The van der Waals surface area contributed by atoms with Crippen LogP contribution in [0.2, 0.25) is 0 Å². The summed E-state index contributed by atoms with van der Waals surface area (Å²) in [5.41, 5.74) is 1.80. The average molecular weight is 185 g/mol. The van der Waals surface area contributed by atoms with Crippen LogP contribution in [-0.4, -0.2) is 5.78 Å². The number of hydrogen-bond donors (Lipinski definition) is 0. The van der Waals surface area contributed by atoms with Crippen molar-refractivity contribution >= 4 is 17.4 Å². The Morgan fingerprint density at radius 3 is 3.08 bits per heavy atom. The second kappa shape index (κ2) is 4.12. The highest BCUT2D eigenvalue weighted by atomic mass is 35.5. The molecule has 1 aromatic heterocycles. The second-order valence-corrected chi connectivity index (χ2v) is 2.52.